The predicted octanol–water partition coefficient (Wildman–Crippen LogP) is 4.32. The van der Waals surface area contributed by atoms with Crippen LogP contribution < -0.4 is 10.2 Å². The fraction of sp³-hybridized carbons (Fsp3) is 0.333. The number of thioether (sulfide) groups is 1. The van der Waals surface area contributed by atoms with E-state index in [1.165, 1.54) is 11.8 Å². The molecule has 2 aromatic rings. The van der Waals surface area contributed by atoms with Crippen LogP contribution in [0.15, 0.2) is 41.4 Å². The summed E-state index contributed by atoms with van der Waals surface area (Å²) < 4.78 is 24.3. The molecule has 2 aliphatic rings. The molecule has 0 radical (unpaired) electrons. The standard InChI is InChI=1S/C21H21Cl2N3O3S2/c1-12-3-4-17(13(2)5-12)24-20(27)9-30-21-25-18-10-31(28,29)11-19(18)26(21)16-7-14(22)6-15(23)8-16/h3-8,18-19H,9-11H2,1-2H3,(H,24,27). The maximum atomic E-state index is 12.6. The minimum Gasteiger partial charge on any atom is -0.325 e. The number of hydrogen-bond donors (Lipinski definition) is 1. The first-order chi connectivity index (χ1) is 14.6. The molecule has 0 aliphatic carbocycles. The second kappa shape index (κ2) is 8.65. The first kappa shape index (κ1) is 22.5. The Kier molecular flexibility index (Phi) is 6.27. The van der Waals surface area contributed by atoms with Crippen molar-refractivity contribution in [3.63, 3.8) is 0 Å². The second-order valence-corrected chi connectivity index (χ2v) is 11.7. The number of benzene rings is 2. The van der Waals surface area contributed by atoms with Gasteiger partial charge >= 0.3 is 0 Å². The fourth-order valence-corrected chi connectivity index (χ4v) is 7.17. The lowest BCUT2D eigenvalue weighted by Gasteiger charge is -2.26. The minimum atomic E-state index is -3.17. The smallest absolute Gasteiger partial charge is 0.234 e. The van der Waals surface area contributed by atoms with E-state index in [1.807, 2.05) is 36.9 Å². The summed E-state index contributed by atoms with van der Waals surface area (Å²) in [6, 6.07) is 10.2. The molecule has 2 heterocycles. The van der Waals surface area contributed by atoms with Crippen LogP contribution in [-0.2, 0) is 14.6 Å². The summed E-state index contributed by atoms with van der Waals surface area (Å²) >= 11 is 13.6. The summed E-state index contributed by atoms with van der Waals surface area (Å²) in [6.45, 7) is 3.95. The van der Waals surface area contributed by atoms with Crippen LogP contribution in [0, 0.1) is 13.8 Å². The summed E-state index contributed by atoms with van der Waals surface area (Å²) in [5, 5.41) is 4.42. The molecule has 2 aliphatic heterocycles. The minimum absolute atomic E-state index is 0.00127. The molecular formula is C21H21Cl2N3O3S2. The number of nitrogens with zero attached hydrogens (tertiary/aromatic N) is 2. The number of hydrogen-bond acceptors (Lipinski definition) is 6. The van der Waals surface area contributed by atoms with Gasteiger partial charge < -0.3 is 10.2 Å². The number of nitrogens with one attached hydrogen (secondary N) is 1. The van der Waals surface area contributed by atoms with Gasteiger partial charge in [-0.3, -0.25) is 9.79 Å². The zero-order valence-electron chi connectivity index (χ0n) is 16.9. The van der Waals surface area contributed by atoms with Crippen LogP contribution in [0.4, 0.5) is 11.4 Å². The van der Waals surface area contributed by atoms with Crippen molar-refractivity contribution in [3.05, 3.63) is 57.6 Å². The first-order valence-corrected chi connectivity index (χ1v) is 13.2. The van der Waals surface area contributed by atoms with Crippen LogP contribution in [0.1, 0.15) is 11.1 Å². The monoisotopic (exact) mass is 497 g/mol. The van der Waals surface area contributed by atoms with Crippen molar-refractivity contribution in [1.29, 1.82) is 0 Å². The van der Waals surface area contributed by atoms with Gasteiger partial charge in [0.2, 0.25) is 5.91 Å². The molecule has 0 spiro atoms. The molecule has 6 nitrogen and oxygen atoms in total. The van der Waals surface area contributed by atoms with Crippen molar-refractivity contribution < 1.29 is 13.2 Å². The Morgan fingerprint density at radius 1 is 1.16 bits per heavy atom. The van der Waals surface area contributed by atoms with Gasteiger partial charge in [-0.15, -0.1) is 0 Å². The van der Waals surface area contributed by atoms with E-state index in [4.69, 9.17) is 23.2 Å². The summed E-state index contributed by atoms with van der Waals surface area (Å²) in [5.74, 6) is -0.0115. The molecule has 2 aromatic carbocycles. The van der Waals surface area contributed by atoms with Gasteiger partial charge in [-0.05, 0) is 43.7 Å². The van der Waals surface area contributed by atoms with E-state index < -0.39 is 9.84 Å². The molecule has 4 rings (SSSR count). The van der Waals surface area contributed by atoms with E-state index in [0.717, 1.165) is 16.8 Å². The van der Waals surface area contributed by atoms with E-state index in [2.05, 4.69) is 10.3 Å². The highest BCUT2D eigenvalue weighted by atomic mass is 35.5. The Labute approximate surface area is 195 Å². The number of carbonyl (C=O) groups is 1. The number of sulfone groups is 1. The molecular weight excluding hydrogens is 477 g/mol. The lowest BCUT2D eigenvalue weighted by molar-refractivity contribution is -0.113. The highest BCUT2D eigenvalue weighted by Crippen LogP contribution is 2.37. The van der Waals surface area contributed by atoms with Crippen LogP contribution in [0.25, 0.3) is 0 Å². The Hall–Kier alpha value is -1.74. The first-order valence-electron chi connectivity index (χ1n) is 9.65. The molecule has 1 fully saturated rings. The van der Waals surface area contributed by atoms with Gasteiger partial charge in [0.25, 0.3) is 0 Å². The van der Waals surface area contributed by atoms with Crippen LogP contribution >= 0.6 is 35.0 Å². The van der Waals surface area contributed by atoms with Gasteiger partial charge in [0, 0.05) is 21.4 Å². The van der Waals surface area contributed by atoms with Gasteiger partial charge in [-0.1, -0.05) is 52.7 Å². The maximum Gasteiger partial charge on any atom is 0.234 e. The quantitative estimate of drug-likeness (QED) is 0.679. The van der Waals surface area contributed by atoms with Crippen molar-refractivity contribution in [2.24, 2.45) is 4.99 Å². The van der Waals surface area contributed by atoms with Crippen molar-refractivity contribution in [1.82, 2.24) is 0 Å². The summed E-state index contributed by atoms with van der Waals surface area (Å²) in [7, 11) is -3.17. The average Bonchev–Trinajstić information content (AvgIpc) is 3.12. The SMILES string of the molecule is Cc1ccc(NC(=O)CSC2=NC3CS(=O)(=O)CC3N2c2cc(Cl)cc(Cl)c2)c(C)c1. The fourth-order valence-electron chi connectivity index (χ4n) is 3.88. The molecule has 31 heavy (non-hydrogen) atoms. The van der Waals surface area contributed by atoms with E-state index in [0.29, 0.717) is 20.9 Å². The van der Waals surface area contributed by atoms with Crippen molar-refractivity contribution in [2.75, 3.05) is 27.5 Å². The van der Waals surface area contributed by atoms with Crippen LogP contribution in [0.2, 0.25) is 10.0 Å². The predicted molar refractivity (Wildman–Crippen MR) is 130 cm³/mol. The number of amidine groups is 1. The van der Waals surface area contributed by atoms with Gasteiger partial charge in [0.05, 0.1) is 29.3 Å². The molecule has 0 saturated carbocycles. The van der Waals surface area contributed by atoms with Crippen molar-refractivity contribution >= 4 is 67.3 Å². The van der Waals surface area contributed by atoms with Gasteiger partial charge in [-0.2, -0.15) is 0 Å². The molecule has 0 bridgehead atoms. The number of aliphatic imine (C=N–C) groups is 1. The number of amides is 1. The number of carbonyl (C=O) groups excluding carboxylic acids is 1. The number of anilines is 2. The lowest BCUT2D eigenvalue weighted by Crippen LogP contribution is -2.39. The number of fused-ring (bicyclic) bond motifs is 1. The zero-order chi connectivity index (χ0) is 22.3. The van der Waals surface area contributed by atoms with Crippen molar-refractivity contribution in [3.8, 4) is 0 Å². The van der Waals surface area contributed by atoms with Crippen molar-refractivity contribution in [2.45, 2.75) is 25.9 Å². The number of aryl methyl sites for hydroxylation is 2. The van der Waals surface area contributed by atoms with Crippen LogP contribution in [0.3, 0.4) is 0 Å². The molecule has 10 heteroatoms. The number of rotatable bonds is 4. The molecule has 0 aromatic heterocycles. The lowest BCUT2D eigenvalue weighted by atomic mass is 10.1. The maximum absolute atomic E-state index is 12.6. The Morgan fingerprint density at radius 3 is 2.55 bits per heavy atom. The van der Waals surface area contributed by atoms with Gasteiger partial charge in [0.15, 0.2) is 15.0 Å². The Morgan fingerprint density at radius 2 is 1.87 bits per heavy atom. The topological polar surface area (TPSA) is 78.8 Å². The van der Waals surface area contributed by atoms with E-state index in [-0.39, 0.29) is 35.2 Å². The molecule has 2 atom stereocenters. The molecule has 1 N–H and O–H groups in total. The van der Waals surface area contributed by atoms with Crippen LogP contribution in [-0.4, -0.2) is 48.8 Å². The largest absolute Gasteiger partial charge is 0.325 e. The third kappa shape index (κ3) is 5.03. The second-order valence-electron chi connectivity index (χ2n) is 7.78. The van der Waals surface area contributed by atoms with E-state index in [1.54, 1.807) is 18.2 Å². The van der Waals surface area contributed by atoms with E-state index >= 15 is 0 Å². The van der Waals surface area contributed by atoms with E-state index in [9.17, 15) is 13.2 Å². The normalized spacial score (nSPS) is 21.7. The Bertz CT molecular complexity index is 1160. The third-order valence-electron chi connectivity index (χ3n) is 5.22. The highest BCUT2D eigenvalue weighted by molar-refractivity contribution is 8.14. The molecule has 2 unspecified atom stereocenters. The van der Waals surface area contributed by atoms with Gasteiger partial charge in [0.1, 0.15) is 0 Å². The molecule has 164 valence electrons. The van der Waals surface area contributed by atoms with Crippen LogP contribution in [0.5, 0.6) is 0 Å². The number of halogens is 2. The highest BCUT2D eigenvalue weighted by Gasteiger charge is 2.47. The zero-order valence-corrected chi connectivity index (χ0v) is 20.1. The summed E-state index contributed by atoms with van der Waals surface area (Å²) in [4.78, 5) is 19.0. The summed E-state index contributed by atoms with van der Waals surface area (Å²) in [6.07, 6.45) is 0. The molecule has 1 amide bonds. The van der Waals surface area contributed by atoms with Gasteiger partial charge in [-0.25, -0.2) is 8.42 Å². The average molecular weight is 498 g/mol. The summed E-state index contributed by atoms with van der Waals surface area (Å²) in [5.41, 5.74) is 3.56. The Balaban J connectivity index is 1.53. The molecule has 1 saturated heterocycles. The third-order valence-corrected chi connectivity index (χ3v) is 8.32.